The molecule has 1 aromatic rings. The molecule has 0 aliphatic carbocycles. The first-order chi connectivity index (χ1) is 10.1. The summed E-state index contributed by atoms with van der Waals surface area (Å²) in [7, 11) is -3.02. The van der Waals surface area contributed by atoms with Gasteiger partial charge in [-0.15, -0.1) is 0 Å². The molecular formula is C14H20ClNO5S. The van der Waals surface area contributed by atoms with Gasteiger partial charge >= 0.3 is 5.97 Å². The van der Waals surface area contributed by atoms with E-state index in [-0.39, 0.29) is 16.5 Å². The molecule has 1 aromatic carbocycles. The van der Waals surface area contributed by atoms with Gasteiger partial charge in [-0.05, 0) is 39.0 Å². The van der Waals surface area contributed by atoms with Crippen molar-refractivity contribution in [3.05, 3.63) is 28.8 Å². The van der Waals surface area contributed by atoms with Crippen molar-refractivity contribution < 1.29 is 23.4 Å². The number of halogens is 1. The molecule has 2 N–H and O–H groups in total. The van der Waals surface area contributed by atoms with Crippen LogP contribution in [0.2, 0.25) is 5.02 Å². The SMILES string of the molecule is CC(C)(C)OC(=O)c1ccc(N2CCOCS2(O)O)cc1Cl. The molecule has 0 atom stereocenters. The highest BCUT2D eigenvalue weighted by molar-refractivity contribution is 8.25. The standard InChI is InChI=1S/C14H20ClNO5S/c1-14(2,3)21-13(17)11-5-4-10(8-12(11)15)16-6-7-20-9-22(16,18)19/h4-5,8,18-19H,6-7,9H2,1-3H3. The summed E-state index contributed by atoms with van der Waals surface area (Å²) in [6, 6.07) is 4.67. The molecule has 1 fully saturated rings. The molecule has 0 unspecified atom stereocenters. The number of hydrogen-bond acceptors (Lipinski definition) is 6. The predicted molar refractivity (Wildman–Crippen MR) is 87.6 cm³/mol. The zero-order valence-electron chi connectivity index (χ0n) is 12.7. The van der Waals surface area contributed by atoms with E-state index in [1.807, 2.05) is 0 Å². The van der Waals surface area contributed by atoms with Crippen LogP contribution >= 0.6 is 22.4 Å². The number of nitrogens with zero attached hydrogens (tertiary/aromatic N) is 1. The molecule has 124 valence electrons. The van der Waals surface area contributed by atoms with Crippen molar-refractivity contribution in [1.82, 2.24) is 0 Å². The monoisotopic (exact) mass is 349 g/mol. The Balaban J connectivity index is 2.24. The number of carbonyl (C=O) groups is 1. The van der Waals surface area contributed by atoms with Crippen molar-refractivity contribution >= 4 is 34.0 Å². The van der Waals surface area contributed by atoms with E-state index in [0.717, 1.165) is 0 Å². The van der Waals surface area contributed by atoms with Gasteiger partial charge in [-0.25, -0.2) is 4.79 Å². The van der Waals surface area contributed by atoms with Crippen LogP contribution in [0.25, 0.3) is 0 Å². The molecule has 0 radical (unpaired) electrons. The highest BCUT2D eigenvalue weighted by Gasteiger charge is 2.28. The van der Waals surface area contributed by atoms with E-state index in [1.165, 1.54) is 16.4 Å². The lowest BCUT2D eigenvalue weighted by Crippen LogP contribution is -2.38. The quantitative estimate of drug-likeness (QED) is 0.791. The van der Waals surface area contributed by atoms with Crippen LogP contribution in [-0.2, 0) is 9.47 Å². The maximum atomic E-state index is 12.1. The summed E-state index contributed by atoms with van der Waals surface area (Å²) in [5.41, 5.74) is 0.157. The number of carbonyl (C=O) groups excluding carboxylic acids is 1. The molecule has 0 spiro atoms. The first-order valence-electron chi connectivity index (χ1n) is 6.74. The number of hydrogen-bond donors (Lipinski definition) is 2. The third-order valence-corrected chi connectivity index (χ3v) is 4.79. The third-order valence-electron chi connectivity index (χ3n) is 2.89. The molecule has 6 nitrogen and oxygen atoms in total. The molecule has 0 amide bonds. The summed E-state index contributed by atoms with van der Waals surface area (Å²) in [6.45, 7) is 6.05. The van der Waals surface area contributed by atoms with Crippen molar-refractivity contribution in [2.24, 2.45) is 0 Å². The number of rotatable bonds is 2. The van der Waals surface area contributed by atoms with Crippen molar-refractivity contribution in [3.8, 4) is 0 Å². The fraction of sp³-hybridized carbons (Fsp3) is 0.500. The van der Waals surface area contributed by atoms with Gasteiger partial charge in [0, 0.05) is 0 Å². The summed E-state index contributed by atoms with van der Waals surface area (Å²) >= 11 is 6.15. The summed E-state index contributed by atoms with van der Waals surface area (Å²) in [5.74, 6) is -0.657. The molecule has 1 aliphatic heterocycles. The molecule has 22 heavy (non-hydrogen) atoms. The second-order valence-corrected chi connectivity index (χ2v) is 8.27. The summed E-state index contributed by atoms with van der Waals surface area (Å²) in [4.78, 5) is 12.1. The minimum atomic E-state index is -3.02. The van der Waals surface area contributed by atoms with E-state index >= 15 is 0 Å². The van der Waals surface area contributed by atoms with Gasteiger partial charge in [0.1, 0.15) is 5.60 Å². The molecular weight excluding hydrogens is 330 g/mol. The number of ether oxygens (including phenoxy) is 2. The Morgan fingerprint density at radius 1 is 1.41 bits per heavy atom. The van der Waals surface area contributed by atoms with Crippen LogP contribution in [0.1, 0.15) is 31.1 Å². The Bertz CT molecular complexity index is 573. The molecule has 8 heteroatoms. The van der Waals surface area contributed by atoms with E-state index in [2.05, 4.69) is 0 Å². The van der Waals surface area contributed by atoms with E-state index in [0.29, 0.717) is 18.8 Å². The zero-order chi connectivity index (χ0) is 16.5. The van der Waals surface area contributed by atoms with Gasteiger partial charge in [-0.2, -0.15) is 0 Å². The Morgan fingerprint density at radius 3 is 2.64 bits per heavy atom. The molecule has 0 bridgehead atoms. The van der Waals surface area contributed by atoms with Crippen LogP contribution in [0.4, 0.5) is 5.69 Å². The normalized spacial score (nSPS) is 19.6. The molecule has 2 rings (SSSR count). The largest absolute Gasteiger partial charge is 0.456 e. The Kier molecular flexibility index (Phi) is 4.93. The lowest BCUT2D eigenvalue weighted by atomic mass is 10.1. The van der Waals surface area contributed by atoms with Crippen LogP contribution in [0, 0.1) is 0 Å². The van der Waals surface area contributed by atoms with Gasteiger partial charge in [0.05, 0.1) is 29.4 Å². The zero-order valence-corrected chi connectivity index (χ0v) is 14.3. The van der Waals surface area contributed by atoms with Gasteiger partial charge in [0.2, 0.25) is 0 Å². The molecule has 1 aliphatic rings. The molecule has 0 aromatic heterocycles. The molecule has 0 saturated carbocycles. The first kappa shape index (κ1) is 17.4. The van der Waals surface area contributed by atoms with E-state index in [1.54, 1.807) is 26.8 Å². The Labute approximate surface area is 136 Å². The fourth-order valence-electron chi connectivity index (χ4n) is 1.98. The van der Waals surface area contributed by atoms with Crippen LogP contribution in [0.15, 0.2) is 18.2 Å². The second kappa shape index (κ2) is 6.25. The van der Waals surface area contributed by atoms with Crippen LogP contribution in [-0.4, -0.2) is 39.8 Å². The lowest BCUT2D eigenvalue weighted by molar-refractivity contribution is 0.00698. The number of esters is 1. The number of anilines is 1. The average molecular weight is 350 g/mol. The lowest BCUT2D eigenvalue weighted by Gasteiger charge is -2.46. The first-order valence-corrected chi connectivity index (χ1v) is 8.79. The van der Waals surface area contributed by atoms with Gasteiger partial charge in [0.15, 0.2) is 5.94 Å². The predicted octanol–water partition coefficient (Wildman–Crippen LogP) is 3.76. The van der Waals surface area contributed by atoms with Crippen molar-refractivity contribution in [3.63, 3.8) is 0 Å². The van der Waals surface area contributed by atoms with E-state index in [9.17, 15) is 13.9 Å². The maximum Gasteiger partial charge on any atom is 0.340 e. The maximum absolute atomic E-state index is 12.1. The van der Waals surface area contributed by atoms with Crippen LogP contribution in [0.5, 0.6) is 0 Å². The third kappa shape index (κ3) is 4.05. The average Bonchev–Trinajstić information content (AvgIpc) is 2.35. The van der Waals surface area contributed by atoms with Gasteiger partial charge in [-0.1, -0.05) is 22.4 Å². The summed E-state index contributed by atoms with van der Waals surface area (Å²) in [6.07, 6.45) is 0. The Hall–Kier alpha value is -0.990. The summed E-state index contributed by atoms with van der Waals surface area (Å²) < 4.78 is 31.8. The fourth-order valence-corrected chi connectivity index (χ4v) is 3.52. The van der Waals surface area contributed by atoms with Crippen LogP contribution in [0.3, 0.4) is 0 Å². The van der Waals surface area contributed by atoms with E-state index in [4.69, 9.17) is 21.1 Å². The van der Waals surface area contributed by atoms with E-state index < -0.39 is 22.3 Å². The smallest absolute Gasteiger partial charge is 0.340 e. The topological polar surface area (TPSA) is 79.2 Å². The van der Waals surface area contributed by atoms with Gasteiger partial charge in [-0.3, -0.25) is 13.4 Å². The highest BCUT2D eigenvalue weighted by Crippen LogP contribution is 2.48. The van der Waals surface area contributed by atoms with Crippen LogP contribution < -0.4 is 4.31 Å². The number of benzene rings is 1. The van der Waals surface area contributed by atoms with Gasteiger partial charge < -0.3 is 9.47 Å². The van der Waals surface area contributed by atoms with Crippen molar-refractivity contribution in [2.75, 3.05) is 23.4 Å². The second-order valence-electron chi connectivity index (χ2n) is 5.93. The minimum Gasteiger partial charge on any atom is -0.456 e. The highest BCUT2D eigenvalue weighted by atomic mass is 35.5. The van der Waals surface area contributed by atoms with Crippen molar-refractivity contribution in [2.45, 2.75) is 26.4 Å². The minimum absolute atomic E-state index is 0.140. The molecule has 1 saturated heterocycles. The van der Waals surface area contributed by atoms with Gasteiger partial charge in [0.25, 0.3) is 0 Å². The van der Waals surface area contributed by atoms with Crippen molar-refractivity contribution in [1.29, 1.82) is 0 Å². The summed E-state index contributed by atoms with van der Waals surface area (Å²) in [5, 5.41) is 0.202. The Morgan fingerprint density at radius 2 is 2.09 bits per heavy atom. The molecule has 1 heterocycles.